The zero-order chi connectivity index (χ0) is 10.6. The van der Waals surface area contributed by atoms with E-state index in [9.17, 15) is 0 Å². The fraction of sp³-hybridized carbons (Fsp3) is 0.308. The molecule has 0 spiro atoms. The standard InChI is InChI=1S/C13H17O/c1-5-10(3)13-9-12(14-6-2)8-7-11(13)4/h5,7-9H,1,6H2,2-4H3. The van der Waals surface area contributed by atoms with Gasteiger partial charge in [0.05, 0.1) is 6.61 Å². The van der Waals surface area contributed by atoms with E-state index in [0.29, 0.717) is 6.61 Å². The maximum absolute atomic E-state index is 5.45. The van der Waals surface area contributed by atoms with Gasteiger partial charge in [-0.05, 0) is 37.1 Å². The van der Waals surface area contributed by atoms with E-state index >= 15 is 0 Å². The van der Waals surface area contributed by atoms with Crippen LogP contribution in [0.15, 0.2) is 30.9 Å². The number of rotatable bonds is 4. The summed E-state index contributed by atoms with van der Waals surface area (Å²) in [6.07, 6.45) is 1.87. The first-order valence-electron chi connectivity index (χ1n) is 4.88. The van der Waals surface area contributed by atoms with Crippen LogP contribution in [0.2, 0.25) is 0 Å². The highest BCUT2D eigenvalue weighted by Crippen LogP contribution is 2.24. The van der Waals surface area contributed by atoms with E-state index in [0.717, 1.165) is 5.75 Å². The van der Waals surface area contributed by atoms with Crippen molar-refractivity contribution in [2.24, 2.45) is 0 Å². The van der Waals surface area contributed by atoms with Crippen LogP contribution in [0.25, 0.3) is 0 Å². The molecule has 1 aromatic carbocycles. The molecule has 0 amide bonds. The lowest BCUT2D eigenvalue weighted by atomic mass is 9.96. The smallest absolute Gasteiger partial charge is 0.119 e. The molecule has 0 saturated carbocycles. The van der Waals surface area contributed by atoms with Crippen LogP contribution in [0, 0.1) is 12.8 Å². The first-order valence-corrected chi connectivity index (χ1v) is 4.88. The van der Waals surface area contributed by atoms with Crippen LogP contribution in [0.4, 0.5) is 0 Å². The van der Waals surface area contributed by atoms with Crippen molar-refractivity contribution >= 4 is 0 Å². The molecule has 0 aliphatic carbocycles. The first-order chi connectivity index (χ1) is 6.69. The van der Waals surface area contributed by atoms with Gasteiger partial charge in [0.25, 0.3) is 0 Å². The molecule has 0 unspecified atom stereocenters. The number of aryl methyl sites for hydroxylation is 1. The Morgan fingerprint density at radius 3 is 2.79 bits per heavy atom. The summed E-state index contributed by atoms with van der Waals surface area (Å²) < 4.78 is 5.45. The maximum atomic E-state index is 5.45. The zero-order valence-electron chi connectivity index (χ0n) is 9.13. The minimum Gasteiger partial charge on any atom is -0.494 e. The van der Waals surface area contributed by atoms with Gasteiger partial charge in [-0.25, -0.2) is 0 Å². The van der Waals surface area contributed by atoms with Gasteiger partial charge in [0, 0.05) is 5.92 Å². The third kappa shape index (κ3) is 2.38. The Labute approximate surface area is 86.4 Å². The first kappa shape index (κ1) is 10.8. The molecule has 0 heterocycles. The molecule has 1 aromatic rings. The lowest BCUT2D eigenvalue weighted by Crippen LogP contribution is -1.97. The van der Waals surface area contributed by atoms with E-state index < -0.39 is 0 Å². The normalized spacial score (nSPS) is 10.3. The van der Waals surface area contributed by atoms with E-state index in [1.54, 1.807) is 0 Å². The van der Waals surface area contributed by atoms with E-state index in [2.05, 4.69) is 32.6 Å². The summed E-state index contributed by atoms with van der Waals surface area (Å²) >= 11 is 0. The van der Waals surface area contributed by atoms with Crippen molar-refractivity contribution in [1.82, 2.24) is 0 Å². The Kier molecular flexibility index (Phi) is 3.75. The van der Waals surface area contributed by atoms with Crippen molar-refractivity contribution in [2.75, 3.05) is 6.61 Å². The number of hydrogen-bond donors (Lipinski definition) is 0. The highest BCUT2D eigenvalue weighted by Gasteiger charge is 2.06. The predicted molar refractivity (Wildman–Crippen MR) is 60.6 cm³/mol. The predicted octanol–water partition coefficient (Wildman–Crippen LogP) is 3.52. The topological polar surface area (TPSA) is 9.23 Å². The number of hydrogen-bond acceptors (Lipinski definition) is 1. The number of ether oxygens (including phenoxy) is 1. The minimum atomic E-state index is 0.704. The van der Waals surface area contributed by atoms with Gasteiger partial charge in [-0.3, -0.25) is 0 Å². The Hall–Kier alpha value is -1.24. The highest BCUT2D eigenvalue weighted by molar-refractivity contribution is 5.45. The Balaban J connectivity index is 3.01. The highest BCUT2D eigenvalue weighted by atomic mass is 16.5. The Morgan fingerprint density at radius 1 is 1.50 bits per heavy atom. The molecule has 1 heteroatoms. The quantitative estimate of drug-likeness (QED) is 0.704. The molecule has 0 aliphatic rings. The van der Waals surface area contributed by atoms with Gasteiger partial charge in [0.1, 0.15) is 5.75 Å². The van der Waals surface area contributed by atoms with Crippen molar-refractivity contribution in [3.05, 3.63) is 47.9 Å². The number of allylic oxidation sites excluding steroid dienone is 1. The average molecular weight is 189 g/mol. The Morgan fingerprint density at radius 2 is 2.21 bits per heavy atom. The van der Waals surface area contributed by atoms with Crippen LogP contribution in [0.1, 0.15) is 25.0 Å². The molecule has 1 rings (SSSR count). The molecule has 75 valence electrons. The van der Waals surface area contributed by atoms with Gasteiger partial charge in [0.15, 0.2) is 0 Å². The molecular weight excluding hydrogens is 172 g/mol. The van der Waals surface area contributed by atoms with E-state index in [1.807, 2.05) is 19.1 Å². The zero-order valence-corrected chi connectivity index (χ0v) is 9.13. The molecule has 0 atom stereocenters. The maximum Gasteiger partial charge on any atom is 0.119 e. The van der Waals surface area contributed by atoms with Gasteiger partial charge in [-0.1, -0.05) is 19.1 Å². The summed E-state index contributed by atoms with van der Waals surface area (Å²) in [4.78, 5) is 0. The lowest BCUT2D eigenvalue weighted by molar-refractivity contribution is 0.340. The van der Waals surface area contributed by atoms with Crippen molar-refractivity contribution in [3.63, 3.8) is 0 Å². The van der Waals surface area contributed by atoms with Crippen molar-refractivity contribution in [3.8, 4) is 5.75 Å². The summed E-state index contributed by atoms with van der Waals surface area (Å²) in [5.41, 5.74) is 2.47. The molecule has 1 nitrogen and oxygen atoms in total. The van der Waals surface area contributed by atoms with Crippen LogP contribution in [0.3, 0.4) is 0 Å². The second-order valence-corrected chi connectivity index (χ2v) is 3.30. The molecule has 0 fully saturated rings. The Bertz CT molecular complexity index is 315. The fourth-order valence-electron chi connectivity index (χ4n) is 1.39. The van der Waals surface area contributed by atoms with Crippen molar-refractivity contribution in [1.29, 1.82) is 0 Å². The van der Waals surface area contributed by atoms with E-state index in [-0.39, 0.29) is 0 Å². The van der Waals surface area contributed by atoms with Crippen LogP contribution in [0.5, 0.6) is 5.75 Å². The minimum absolute atomic E-state index is 0.704. The average Bonchev–Trinajstić information content (AvgIpc) is 2.20. The summed E-state index contributed by atoms with van der Waals surface area (Å²) in [5, 5.41) is 0. The van der Waals surface area contributed by atoms with Gasteiger partial charge in [-0.15, -0.1) is 6.58 Å². The largest absolute Gasteiger partial charge is 0.494 e. The van der Waals surface area contributed by atoms with Crippen molar-refractivity contribution in [2.45, 2.75) is 20.8 Å². The number of benzene rings is 1. The van der Waals surface area contributed by atoms with Crippen molar-refractivity contribution < 1.29 is 4.74 Å². The lowest BCUT2D eigenvalue weighted by Gasteiger charge is -2.12. The molecule has 0 N–H and O–H groups in total. The summed E-state index contributed by atoms with van der Waals surface area (Å²) in [5.74, 6) is 2.11. The molecule has 0 aliphatic heterocycles. The van der Waals surface area contributed by atoms with E-state index in [1.165, 1.54) is 17.0 Å². The monoisotopic (exact) mass is 189 g/mol. The van der Waals surface area contributed by atoms with Crippen LogP contribution >= 0.6 is 0 Å². The van der Waals surface area contributed by atoms with Gasteiger partial charge in [-0.2, -0.15) is 0 Å². The van der Waals surface area contributed by atoms with Gasteiger partial charge < -0.3 is 4.74 Å². The summed E-state index contributed by atoms with van der Waals surface area (Å²) in [6.45, 7) is 10.6. The van der Waals surface area contributed by atoms with E-state index in [4.69, 9.17) is 4.74 Å². The van der Waals surface area contributed by atoms with Crippen LogP contribution < -0.4 is 4.74 Å². The second kappa shape index (κ2) is 4.85. The van der Waals surface area contributed by atoms with Gasteiger partial charge in [0.2, 0.25) is 0 Å². The molecule has 0 aromatic heterocycles. The fourth-order valence-corrected chi connectivity index (χ4v) is 1.39. The molecular formula is C13H17O. The molecule has 0 saturated heterocycles. The third-order valence-electron chi connectivity index (χ3n) is 2.25. The molecule has 14 heavy (non-hydrogen) atoms. The molecule has 0 bridgehead atoms. The second-order valence-electron chi connectivity index (χ2n) is 3.30. The summed E-state index contributed by atoms with van der Waals surface area (Å²) in [6, 6.07) is 6.14. The van der Waals surface area contributed by atoms with Crippen LogP contribution in [-0.4, -0.2) is 6.61 Å². The molecule has 1 radical (unpaired) electrons. The summed E-state index contributed by atoms with van der Waals surface area (Å²) in [7, 11) is 0. The van der Waals surface area contributed by atoms with Gasteiger partial charge >= 0.3 is 0 Å². The van der Waals surface area contributed by atoms with Crippen LogP contribution in [-0.2, 0) is 0 Å². The third-order valence-corrected chi connectivity index (χ3v) is 2.25. The SMILES string of the molecule is C=C[C](C)c1cc(OCC)ccc1C.